The monoisotopic (exact) mass is 359 g/mol. The molecular formula is C16H17N5OS2. The first kappa shape index (κ1) is 15.5. The van der Waals surface area contributed by atoms with Gasteiger partial charge in [-0.3, -0.25) is 4.79 Å². The molecular weight excluding hydrogens is 342 g/mol. The van der Waals surface area contributed by atoms with Crippen molar-refractivity contribution in [3.63, 3.8) is 0 Å². The van der Waals surface area contributed by atoms with Crippen LogP contribution in [0.2, 0.25) is 0 Å². The maximum atomic E-state index is 12.8. The normalized spacial score (nSPS) is 13.2. The standard InChI is InChI=1S/C16H17N5OS2/c1-10-14(24-15(17-10)11-5-7-23-9-11)16(22)20(2)8-13-19-18-12-4-3-6-21(12)13/h5,7,9H,3-4,6,8H2,1-2H3. The Morgan fingerprint density at radius 1 is 1.42 bits per heavy atom. The number of carbonyl (C=O) groups excluding carboxylic acids is 1. The van der Waals surface area contributed by atoms with Crippen LogP contribution in [0.4, 0.5) is 0 Å². The number of amides is 1. The highest BCUT2D eigenvalue weighted by atomic mass is 32.1. The summed E-state index contributed by atoms with van der Waals surface area (Å²) in [7, 11) is 1.81. The molecule has 0 aromatic carbocycles. The van der Waals surface area contributed by atoms with Crippen molar-refractivity contribution in [2.45, 2.75) is 32.9 Å². The number of fused-ring (bicyclic) bond motifs is 1. The van der Waals surface area contributed by atoms with Gasteiger partial charge in [-0.2, -0.15) is 11.3 Å². The lowest BCUT2D eigenvalue weighted by Gasteiger charge is -2.16. The van der Waals surface area contributed by atoms with Crippen molar-refractivity contribution in [1.82, 2.24) is 24.6 Å². The van der Waals surface area contributed by atoms with E-state index >= 15 is 0 Å². The lowest BCUT2D eigenvalue weighted by Crippen LogP contribution is -2.27. The number of carbonyl (C=O) groups is 1. The molecule has 124 valence electrons. The summed E-state index contributed by atoms with van der Waals surface area (Å²) in [6, 6.07) is 2.03. The van der Waals surface area contributed by atoms with Crippen LogP contribution in [0, 0.1) is 6.92 Å². The smallest absolute Gasteiger partial charge is 0.266 e. The number of thiophene rings is 1. The van der Waals surface area contributed by atoms with E-state index in [2.05, 4.69) is 25.1 Å². The maximum Gasteiger partial charge on any atom is 0.266 e. The molecule has 6 nitrogen and oxygen atoms in total. The number of thiazole rings is 1. The molecule has 0 unspecified atom stereocenters. The zero-order valence-corrected chi connectivity index (χ0v) is 15.2. The SMILES string of the molecule is Cc1nc(-c2ccsc2)sc1C(=O)N(C)Cc1nnc2n1CCC2. The van der Waals surface area contributed by atoms with Gasteiger partial charge >= 0.3 is 0 Å². The Labute approximate surface area is 147 Å². The Morgan fingerprint density at radius 2 is 2.29 bits per heavy atom. The van der Waals surface area contributed by atoms with Gasteiger partial charge in [0.1, 0.15) is 15.7 Å². The third-order valence-corrected chi connectivity index (χ3v) is 6.05. The zero-order chi connectivity index (χ0) is 16.7. The molecule has 0 saturated heterocycles. The average Bonchev–Trinajstić information content (AvgIpc) is 3.32. The molecule has 0 atom stereocenters. The van der Waals surface area contributed by atoms with Gasteiger partial charge in [0, 0.05) is 31.0 Å². The molecule has 1 aliphatic rings. The predicted molar refractivity (Wildman–Crippen MR) is 94.3 cm³/mol. The summed E-state index contributed by atoms with van der Waals surface area (Å²) in [5.74, 6) is 1.87. The van der Waals surface area contributed by atoms with E-state index in [1.54, 1.807) is 16.2 Å². The quantitative estimate of drug-likeness (QED) is 0.718. The Bertz CT molecular complexity index is 881. The largest absolute Gasteiger partial charge is 0.333 e. The summed E-state index contributed by atoms with van der Waals surface area (Å²) in [4.78, 5) is 19.8. The first-order valence-corrected chi connectivity index (χ1v) is 9.56. The van der Waals surface area contributed by atoms with Gasteiger partial charge in [0.15, 0.2) is 5.82 Å². The van der Waals surface area contributed by atoms with Crippen LogP contribution in [-0.4, -0.2) is 37.6 Å². The third-order valence-electron chi connectivity index (χ3n) is 4.17. The summed E-state index contributed by atoms with van der Waals surface area (Å²) < 4.78 is 2.13. The van der Waals surface area contributed by atoms with Crippen LogP contribution in [0.1, 0.15) is 33.4 Å². The van der Waals surface area contributed by atoms with E-state index in [-0.39, 0.29) is 5.91 Å². The first-order chi connectivity index (χ1) is 11.6. The molecule has 1 amide bonds. The van der Waals surface area contributed by atoms with Gasteiger partial charge in [0.05, 0.1) is 12.2 Å². The van der Waals surface area contributed by atoms with Crippen molar-refractivity contribution in [3.8, 4) is 10.6 Å². The summed E-state index contributed by atoms with van der Waals surface area (Å²) >= 11 is 3.08. The lowest BCUT2D eigenvalue weighted by atomic mass is 10.3. The Hall–Kier alpha value is -2.06. The molecule has 4 heterocycles. The van der Waals surface area contributed by atoms with Gasteiger partial charge in [-0.25, -0.2) is 4.98 Å². The van der Waals surface area contributed by atoms with Crippen LogP contribution in [0.3, 0.4) is 0 Å². The topological polar surface area (TPSA) is 63.9 Å². The molecule has 1 aliphatic heterocycles. The van der Waals surface area contributed by atoms with Gasteiger partial charge in [-0.05, 0) is 24.8 Å². The molecule has 0 radical (unpaired) electrons. The third kappa shape index (κ3) is 2.65. The van der Waals surface area contributed by atoms with Crippen molar-refractivity contribution >= 4 is 28.6 Å². The molecule has 0 aliphatic carbocycles. The van der Waals surface area contributed by atoms with E-state index in [0.717, 1.165) is 47.3 Å². The fourth-order valence-corrected chi connectivity index (χ4v) is 4.66. The second-order valence-electron chi connectivity index (χ2n) is 5.89. The van der Waals surface area contributed by atoms with Crippen LogP contribution in [0.25, 0.3) is 10.6 Å². The molecule has 3 aromatic heterocycles. The number of aromatic nitrogens is 4. The van der Waals surface area contributed by atoms with Crippen LogP contribution >= 0.6 is 22.7 Å². The average molecular weight is 359 g/mol. The van der Waals surface area contributed by atoms with Crippen molar-refractivity contribution < 1.29 is 4.79 Å². The number of aryl methyl sites for hydroxylation is 2. The number of nitrogens with zero attached hydrogens (tertiary/aromatic N) is 5. The summed E-state index contributed by atoms with van der Waals surface area (Å²) in [5, 5.41) is 13.4. The molecule has 0 fully saturated rings. The fourth-order valence-electron chi connectivity index (χ4n) is 2.89. The van der Waals surface area contributed by atoms with E-state index < -0.39 is 0 Å². The predicted octanol–water partition coefficient (Wildman–Crippen LogP) is 2.99. The van der Waals surface area contributed by atoms with Crippen LogP contribution < -0.4 is 0 Å². The minimum Gasteiger partial charge on any atom is -0.333 e. The molecule has 0 spiro atoms. The van der Waals surface area contributed by atoms with Crippen molar-refractivity contribution in [2.75, 3.05) is 7.05 Å². The highest BCUT2D eigenvalue weighted by Gasteiger charge is 2.23. The molecule has 0 saturated carbocycles. The van der Waals surface area contributed by atoms with Crippen LogP contribution in [-0.2, 0) is 19.5 Å². The van der Waals surface area contributed by atoms with Gasteiger partial charge in [0.2, 0.25) is 0 Å². The van der Waals surface area contributed by atoms with Crippen molar-refractivity contribution in [1.29, 1.82) is 0 Å². The van der Waals surface area contributed by atoms with E-state index in [9.17, 15) is 4.79 Å². The van der Waals surface area contributed by atoms with E-state index in [4.69, 9.17) is 0 Å². The number of rotatable bonds is 4. The second-order valence-corrected chi connectivity index (χ2v) is 7.67. The molecule has 8 heteroatoms. The summed E-state index contributed by atoms with van der Waals surface area (Å²) in [6.45, 7) is 3.31. The highest BCUT2D eigenvalue weighted by molar-refractivity contribution is 7.17. The first-order valence-electron chi connectivity index (χ1n) is 7.80. The molecule has 24 heavy (non-hydrogen) atoms. The minimum atomic E-state index is -0.0122. The molecule has 4 rings (SSSR count). The Morgan fingerprint density at radius 3 is 3.08 bits per heavy atom. The van der Waals surface area contributed by atoms with Gasteiger partial charge in [-0.15, -0.1) is 21.5 Å². The van der Waals surface area contributed by atoms with Gasteiger partial charge in [0.25, 0.3) is 5.91 Å². The van der Waals surface area contributed by atoms with Crippen molar-refractivity contribution in [3.05, 3.63) is 39.0 Å². The lowest BCUT2D eigenvalue weighted by molar-refractivity contribution is 0.0784. The second kappa shape index (κ2) is 6.10. The fraction of sp³-hybridized carbons (Fsp3) is 0.375. The van der Waals surface area contributed by atoms with E-state index in [0.29, 0.717) is 11.4 Å². The van der Waals surface area contributed by atoms with Crippen molar-refractivity contribution in [2.24, 2.45) is 0 Å². The zero-order valence-electron chi connectivity index (χ0n) is 13.5. The van der Waals surface area contributed by atoms with Gasteiger partial charge in [-0.1, -0.05) is 0 Å². The molecule has 0 N–H and O–H groups in total. The van der Waals surface area contributed by atoms with E-state index in [1.807, 2.05) is 25.4 Å². The molecule has 0 bridgehead atoms. The number of hydrogen-bond donors (Lipinski definition) is 0. The summed E-state index contributed by atoms with van der Waals surface area (Å²) in [5.41, 5.74) is 1.86. The molecule has 3 aromatic rings. The summed E-state index contributed by atoms with van der Waals surface area (Å²) in [6.07, 6.45) is 2.08. The van der Waals surface area contributed by atoms with Crippen LogP contribution in [0.5, 0.6) is 0 Å². The maximum absolute atomic E-state index is 12.8. The number of hydrogen-bond acceptors (Lipinski definition) is 6. The van der Waals surface area contributed by atoms with E-state index in [1.165, 1.54) is 11.3 Å². The van der Waals surface area contributed by atoms with Crippen LogP contribution in [0.15, 0.2) is 16.8 Å². The Kier molecular flexibility index (Phi) is 3.93. The highest BCUT2D eigenvalue weighted by Crippen LogP contribution is 2.30. The van der Waals surface area contributed by atoms with Gasteiger partial charge < -0.3 is 9.47 Å². The Balaban J connectivity index is 1.55. The minimum absolute atomic E-state index is 0.0122.